The van der Waals surface area contributed by atoms with Crippen LogP contribution in [0.4, 0.5) is 9.80 Å². The summed E-state index contributed by atoms with van der Waals surface area (Å²) in [5.41, 5.74) is 1.85. The quantitative estimate of drug-likeness (QED) is 0.550. The maximum atomic E-state index is 12.3. The van der Waals surface area contributed by atoms with Crippen molar-refractivity contribution >= 4 is 34.4 Å². The van der Waals surface area contributed by atoms with Crippen molar-refractivity contribution < 1.29 is 23.5 Å². The largest absolute Gasteiger partial charge is 0.465 e. The molecule has 29 heavy (non-hydrogen) atoms. The number of hydrogen-bond acceptors (Lipinski definition) is 7. The number of nitrogens with zero attached hydrogens (tertiary/aromatic N) is 2. The molecule has 0 radical (unpaired) electrons. The minimum atomic E-state index is -0.394. The van der Waals surface area contributed by atoms with Gasteiger partial charge in [0, 0.05) is 30.2 Å². The van der Waals surface area contributed by atoms with Crippen molar-refractivity contribution in [2.75, 3.05) is 32.2 Å². The van der Waals surface area contributed by atoms with Crippen LogP contribution in [0.5, 0.6) is 0 Å². The van der Waals surface area contributed by atoms with Crippen LogP contribution in [0.2, 0.25) is 0 Å². The smallest absolute Gasteiger partial charge is 0.410 e. The molecule has 3 heterocycles. The van der Waals surface area contributed by atoms with Crippen LogP contribution in [0.1, 0.15) is 21.8 Å². The SMILES string of the molecule is COCCOC(=O)N1CCc2c(sc(NC(=O)C=Cc3ccco3)c2CC#N)C1. The van der Waals surface area contributed by atoms with Crippen LogP contribution in [0.3, 0.4) is 0 Å². The molecular formula is C20H21N3O5S. The molecule has 0 spiro atoms. The highest BCUT2D eigenvalue weighted by molar-refractivity contribution is 7.16. The Morgan fingerprint density at radius 2 is 2.31 bits per heavy atom. The summed E-state index contributed by atoms with van der Waals surface area (Å²) in [4.78, 5) is 27.0. The predicted octanol–water partition coefficient (Wildman–Crippen LogP) is 3.20. The lowest BCUT2D eigenvalue weighted by Crippen LogP contribution is -2.36. The molecule has 9 heteroatoms. The summed E-state index contributed by atoms with van der Waals surface area (Å²) in [5, 5.41) is 12.7. The van der Waals surface area contributed by atoms with Gasteiger partial charge in [-0.05, 0) is 30.2 Å². The fourth-order valence-electron chi connectivity index (χ4n) is 2.99. The van der Waals surface area contributed by atoms with Crippen molar-refractivity contribution in [2.24, 2.45) is 0 Å². The van der Waals surface area contributed by atoms with Crippen molar-refractivity contribution in [1.82, 2.24) is 4.90 Å². The number of anilines is 1. The van der Waals surface area contributed by atoms with Crippen molar-refractivity contribution in [3.63, 3.8) is 0 Å². The minimum Gasteiger partial charge on any atom is -0.465 e. The van der Waals surface area contributed by atoms with Gasteiger partial charge in [0.05, 0.1) is 31.9 Å². The maximum Gasteiger partial charge on any atom is 0.410 e. The van der Waals surface area contributed by atoms with Gasteiger partial charge in [-0.3, -0.25) is 4.79 Å². The lowest BCUT2D eigenvalue weighted by atomic mass is 10.0. The van der Waals surface area contributed by atoms with E-state index in [-0.39, 0.29) is 18.9 Å². The Balaban J connectivity index is 1.71. The average Bonchev–Trinajstić information content (AvgIpc) is 3.35. The number of nitrogens with one attached hydrogen (secondary N) is 1. The van der Waals surface area contributed by atoms with Crippen LogP contribution < -0.4 is 5.32 Å². The number of amides is 2. The van der Waals surface area contributed by atoms with Gasteiger partial charge in [-0.25, -0.2) is 4.79 Å². The third-order valence-corrected chi connectivity index (χ3v) is 5.55. The van der Waals surface area contributed by atoms with E-state index in [2.05, 4.69) is 11.4 Å². The Hall–Kier alpha value is -3.09. The van der Waals surface area contributed by atoms with E-state index in [9.17, 15) is 14.9 Å². The fourth-order valence-corrected chi connectivity index (χ4v) is 4.28. The molecule has 1 aliphatic rings. The molecule has 0 unspecified atom stereocenters. The van der Waals surface area contributed by atoms with Gasteiger partial charge < -0.3 is 24.1 Å². The molecule has 2 aromatic heterocycles. The molecule has 2 aromatic rings. The van der Waals surface area contributed by atoms with E-state index in [1.807, 2.05) is 0 Å². The van der Waals surface area contributed by atoms with Crippen molar-refractivity contribution in [3.05, 3.63) is 46.2 Å². The number of carbonyl (C=O) groups excluding carboxylic acids is 2. The van der Waals surface area contributed by atoms with Gasteiger partial charge in [-0.15, -0.1) is 11.3 Å². The molecule has 0 saturated heterocycles. The molecule has 0 bridgehead atoms. The minimum absolute atomic E-state index is 0.196. The first-order valence-corrected chi connectivity index (χ1v) is 9.87. The first kappa shape index (κ1) is 20.6. The van der Waals surface area contributed by atoms with E-state index in [1.165, 1.54) is 23.7 Å². The highest BCUT2D eigenvalue weighted by atomic mass is 32.1. The highest BCUT2D eigenvalue weighted by Crippen LogP contribution is 2.37. The first-order valence-electron chi connectivity index (χ1n) is 9.06. The molecule has 2 amide bonds. The van der Waals surface area contributed by atoms with Crippen LogP contribution in [0.15, 0.2) is 28.9 Å². The molecule has 0 atom stereocenters. The normalized spacial score (nSPS) is 13.2. The van der Waals surface area contributed by atoms with Crippen LogP contribution in [-0.4, -0.2) is 43.8 Å². The Kier molecular flexibility index (Phi) is 7.05. The molecule has 1 aliphatic heterocycles. The Morgan fingerprint density at radius 3 is 3.03 bits per heavy atom. The number of thiophene rings is 1. The summed E-state index contributed by atoms with van der Waals surface area (Å²) >= 11 is 1.39. The molecule has 3 rings (SSSR count). The van der Waals surface area contributed by atoms with Crippen molar-refractivity contribution in [2.45, 2.75) is 19.4 Å². The lowest BCUT2D eigenvalue weighted by Gasteiger charge is -2.26. The van der Waals surface area contributed by atoms with E-state index in [4.69, 9.17) is 13.9 Å². The molecule has 8 nitrogen and oxygen atoms in total. The summed E-state index contributed by atoms with van der Waals surface area (Å²) in [6.45, 7) is 1.44. The van der Waals surface area contributed by atoms with Gasteiger partial charge in [0.1, 0.15) is 17.4 Å². The second-order valence-corrected chi connectivity index (χ2v) is 7.37. The van der Waals surface area contributed by atoms with Crippen LogP contribution in [0.25, 0.3) is 6.08 Å². The summed E-state index contributed by atoms with van der Waals surface area (Å²) in [5.74, 6) is 0.264. The van der Waals surface area contributed by atoms with E-state index in [0.717, 1.165) is 16.0 Å². The summed E-state index contributed by atoms with van der Waals surface area (Å²) in [6, 6.07) is 5.64. The van der Waals surface area contributed by atoms with Gasteiger partial charge in [0.25, 0.3) is 0 Å². The van der Waals surface area contributed by atoms with Crippen molar-refractivity contribution in [3.8, 4) is 6.07 Å². The van der Waals surface area contributed by atoms with Gasteiger partial charge in [-0.2, -0.15) is 5.26 Å². The van der Waals surface area contributed by atoms with Gasteiger partial charge in [0.2, 0.25) is 5.91 Å². The fraction of sp³-hybridized carbons (Fsp3) is 0.350. The number of furan rings is 1. The molecule has 1 N–H and O–H groups in total. The van der Waals surface area contributed by atoms with Crippen LogP contribution in [-0.2, 0) is 33.7 Å². The molecule has 152 valence electrons. The lowest BCUT2D eigenvalue weighted by molar-refractivity contribution is -0.111. The van der Waals surface area contributed by atoms with E-state index < -0.39 is 6.09 Å². The molecule has 0 aliphatic carbocycles. The number of nitriles is 1. The molecule has 0 fully saturated rings. The summed E-state index contributed by atoms with van der Waals surface area (Å²) in [7, 11) is 1.54. The second kappa shape index (κ2) is 9.91. The zero-order valence-corrected chi connectivity index (χ0v) is 16.8. The third kappa shape index (κ3) is 5.25. The molecule has 0 saturated carbocycles. The standard InChI is InChI=1S/C20H21N3O5S/c1-26-11-12-28-20(25)23-9-7-15-16(6-8-21)19(29-17(15)13-23)22-18(24)5-4-14-3-2-10-27-14/h2-5,10H,6-7,9,11-13H2,1H3,(H,22,24). The number of hydrogen-bond donors (Lipinski definition) is 1. The highest BCUT2D eigenvalue weighted by Gasteiger charge is 2.27. The van der Waals surface area contributed by atoms with Gasteiger partial charge >= 0.3 is 6.09 Å². The monoisotopic (exact) mass is 415 g/mol. The van der Waals surface area contributed by atoms with E-state index in [0.29, 0.717) is 36.9 Å². The van der Waals surface area contributed by atoms with Gasteiger partial charge in [0.15, 0.2) is 0 Å². The van der Waals surface area contributed by atoms with Crippen LogP contribution in [0, 0.1) is 11.3 Å². The number of carbonyl (C=O) groups is 2. The predicted molar refractivity (Wildman–Crippen MR) is 107 cm³/mol. The maximum absolute atomic E-state index is 12.3. The number of methoxy groups -OCH3 is 1. The Morgan fingerprint density at radius 1 is 1.45 bits per heavy atom. The summed E-state index contributed by atoms with van der Waals surface area (Å²) < 4.78 is 15.2. The Bertz CT molecular complexity index is 927. The topological polar surface area (TPSA) is 105 Å². The van der Waals surface area contributed by atoms with Crippen LogP contribution >= 0.6 is 11.3 Å². The number of ether oxygens (including phenoxy) is 2. The van der Waals surface area contributed by atoms with E-state index >= 15 is 0 Å². The zero-order chi connectivity index (χ0) is 20.6. The number of rotatable bonds is 7. The average molecular weight is 415 g/mol. The van der Waals surface area contributed by atoms with Gasteiger partial charge in [-0.1, -0.05) is 0 Å². The first-order chi connectivity index (χ1) is 14.1. The second-order valence-electron chi connectivity index (χ2n) is 6.26. The molecule has 0 aromatic carbocycles. The summed E-state index contributed by atoms with van der Waals surface area (Å²) in [6.07, 6.45) is 4.90. The number of fused-ring (bicyclic) bond motifs is 1. The third-order valence-electron chi connectivity index (χ3n) is 4.37. The molecular weight excluding hydrogens is 394 g/mol. The van der Waals surface area contributed by atoms with E-state index in [1.54, 1.807) is 30.2 Å². The Labute approximate surface area is 172 Å². The van der Waals surface area contributed by atoms with Crippen molar-refractivity contribution in [1.29, 1.82) is 5.26 Å². The zero-order valence-electron chi connectivity index (χ0n) is 16.0.